The van der Waals surface area contributed by atoms with Crippen LogP contribution < -0.4 is 5.73 Å². The van der Waals surface area contributed by atoms with E-state index < -0.39 is 0 Å². The van der Waals surface area contributed by atoms with Gasteiger partial charge in [-0.25, -0.2) is 9.97 Å². The number of rotatable bonds is 2. The summed E-state index contributed by atoms with van der Waals surface area (Å²) in [6.45, 7) is 2.15. The Morgan fingerprint density at radius 3 is 2.67 bits per heavy atom. The maximum Gasteiger partial charge on any atom is 0.220 e. The molecule has 0 amide bonds. The minimum Gasteiger partial charge on any atom is -0.368 e. The first-order chi connectivity index (χ1) is 10.1. The summed E-state index contributed by atoms with van der Waals surface area (Å²) in [4.78, 5) is 10.4. The lowest BCUT2D eigenvalue weighted by molar-refractivity contribution is 0.249. The van der Waals surface area contributed by atoms with Gasteiger partial charge in [0.25, 0.3) is 0 Å². The highest BCUT2D eigenvalue weighted by Crippen LogP contribution is 2.30. The van der Waals surface area contributed by atoms with Crippen LogP contribution in [0.5, 0.6) is 0 Å². The van der Waals surface area contributed by atoms with E-state index in [1.807, 2.05) is 11.6 Å². The number of likely N-dealkylation sites (tertiary alicyclic amines) is 1. The van der Waals surface area contributed by atoms with Crippen LogP contribution in [0.2, 0.25) is 5.02 Å². The zero-order valence-electron chi connectivity index (χ0n) is 12.1. The third-order valence-electron chi connectivity index (χ3n) is 3.97. The van der Waals surface area contributed by atoms with Crippen molar-refractivity contribution in [2.45, 2.75) is 18.8 Å². The van der Waals surface area contributed by atoms with Gasteiger partial charge < -0.3 is 15.2 Å². The molecule has 0 aliphatic carbocycles. The first kappa shape index (κ1) is 14.2. The van der Waals surface area contributed by atoms with Crippen molar-refractivity contribution in [2.24, 2.45) is 7.05 Å². The highest BCUT2D eigenvalue weighted by atomic mass is 35.5. The molecule has 0 spiro atoms. The van der Waals surface area contributed by atoms with Gasteiger partial charge in [-0.2, -0.15) is 0 Å². The predicted octanol–water partition coefficient (Wildman–Crippen LogP) is 1.32. The molecule has 1 fully saturated rings. The lowest BCUT2D eigenvalue weighted by atomic mass is 9.96. The first-order valence-corrected chi connectivity index (χ1v) is 7.30. The third-order valence-corrected chi connectivity index (χ3v) is 4.24. The van der Waals surface area contributed by atoms with E-state index in [4.69, 9.17) is 17.3 Å². The smallest absolute Gasteiger partial charge is 0.220 e. The summed E-state index contributed by atoms with van der Waals surface area (Å²) in [6, 6.07) is 0. The fourth-order valence-corrected chi connectivity index (χ4v) is 2.88. The van der Waals surface area contributed by atoms with Crippen LogP contribution in [-0.2, 0) is 7.05 Å². The van der Waals surface area contributed by atoms with E-state index in [-0.39, 0.29) is 5.95 Å². The number of hydrogen-bond donors (Lipinski definition) is 1. The number of hydrogen-bond acceptors (Lipinski definition) is 6. The molecule has 1 aliphatic heterocycles. The van der Waals surface area contributed by atoms with Crippen molar-refractivity contribution in [1.82, 2.24) is 29.6 Å². The van der Waals surface area contributed by atoms with Crippen molar-refractivity contribution in [2.75, 3.05) is 25.9 Å². The van der Waals surface area contributed by atoms with Crippen LogP contribution in [0, 0.1) is 0 Å². The minimum atomic E-state index is 0.179. The molecule has 3 heterocycles. The third kappa shape index (κ3) is 2.71. The van der Waals surface area contributed by atoms with Crippen molar-refractivity contribution in [3.8, 4) is 11.5 Å². The van der Waals surface area contributed by atoms with Crippen molar-refractivity contribution >= 4 is 17.5 Å². The van der Waals surface area contributed by atoms with Crippen LogP contribution in [0.15, 0.2) is 6.20 Å². The van der Waals surface area contributed by atoms with E-state index in [9.17, 15) is 0 Å². The molecule has 8 heteroatoms. The second-order valence-electron chi connectivity index (χ2n) is 5.44. The molecule has 7 nitrogen and oxygen atoms in total. The summed E-state index contributed by atoms with van der Waals surface area (Å²) in [5, 5.41) is 9.02. The van der Waals surface area contributed by atoms with E-state index in [2.05, 4.69) is 32.1 Å². The molecule has 112 valence electrons. The summed E-state index contributed by atoms with van der Waals surface area (Å²) < 4.78 is 1.96. The summed E-state index contributed by atoms with van der Waals surface area (Å²) in [5.74, 6) is 2.21. The Morgan fingerprint density at radius 2 is 1.95 bits per heavy atom. The van der Waals surface area contributed by atoms with Gasteiger partial charge in [-0.15, -0.1) is 10.2 Å². The largest absolute Gasteiger partial charge is 0.368 e. The van der Waals surface area contributed by atoms with Gasteiger partial charge in [0, 0.05) is 13.0 Å². The van der Waals surface area contributed by atoms with E-state index in [1.165, 1.54) is 6.20 Å². The quantitative estimate of drug-likeness (QED) is 0.900. The van der Waals surface area contributed by atoms with Crippen LogP contribution >= 0.6 is 11.6 Å². The molecule has 0 aromatic carbocycles. The summed E-state index contributed by atoms with van der Waals surface area (Å²) in [7, 11) is 4.08. The van der Waals surface area contributed by atoms with Crippen LogP contribution in [0.4, 0.5) is 5.95 Å². The van der Waals surface area contributed by atoms with Gasteiger partial charge in [-0.3, -0.25) is 0 Å². The van der Waals surface area contributed by atoms with E-state index in [0.29, 0.717) is 22.5 Å². The molecular formula is C13H18ClN7. The fourth-order valence-electron chi connectivity index (χ4n) is 2.71. The topological polar surface area (TPSA) is 85.8 Å². The number of nitrogens with two attached hydrogens (primary N) is 1. The molecule has 2 N–H and O–H groups in total. The van der Waals surface area contributed by atoms with Gasteiger partial charge in [0.1, 0.15) is 11.5 Å². The normalized spacial score (nSPS) is 17.3. The monoisotopic (exact) mass is 307 g/mol. The molecular weight excluding hydrogens is 290 g/mol. The molecule has 0 radical (unpaired) electrons. The average Bonchev–Trinajstić information content (AvgIpc) is 2.84. The molecule has 0 bridgehead atoms. The Labute approximate surface area is 128 Å². The fraction of sp³-hybridized carbons (Fsp3) is 0.538. The van der Waals surface area contributed by atoms with Crippen molar-refractivity contribution in [3.63, 3.8) is 0 Å². The summed E-state index contributed by atoms with van der Waals surface area (Å²) >= 11 is 6.15. The van der Waals surface area contributed by atoms with Gasteiger partial charge in [-0.1, -0.05) is 11.6 Å². The molecule has 3 rings (SSSR count). The SMILES string of the molecule is CN1CCC(c2nnc(-c3nc(N)ncc3Cl)n2C)CC1. The van der Waals surface area contributed by atoms with Gasteiger partial charge in [-0.05, 0) is 33.0 Å². The first-order valence-electron chi connectivity index (χ1n) is 6.92. The Balaban J connectivity index is 1.94. The molecule has 0 saturated carbocycles. The van der Waals surface area contributed by atoms with E-state index in [0.717, 1.165) is 31.8 Å². The molecule has 0 atom stereocenters. The minimum absolute atomic E-state index is 0.179. The highest BCUT2D eigenvalue weighted by molar-refractivity contribution is 6.32. The van der Waals surface area contributed by atoms with Crippen LogP contribution in [0.3, 0.4) is 0 Å². The van der Waals surface area contributed by atoms with Gasteiger partial charge >= 0.3 is 0 Å². The van der Waals surface area contributed by atoms with Gasteiger partial charge in [0.05, 0.1) is 11.2 Å². The van der Waals surface area contributed by atoms with E-state index >= 15 is 0 Å². The van der Waals surface area contributed by atoms with Crippen molar-refractivity contribution in [1.29, 1.82) is 0 Å². The summed E-state index contributed by atoms with van der Waals surface area (Å²) in [6.07, 6.45) is 3.66. The number of anilines is 1. The average molecular weight is 308 g/mol. The number of aromatic nitrogens is 5. The Bertz CT molecular complexity index is 646. The zero-order valence-corrected chi connectivity index (χ0v) is 12.9. The van der Waals surface area contributed by atoms with Crippen LogP contribution in [-0.4, -0.2) is 49.8 Å². The van der Waals surface area contributed by atoms with Crippen LogP contribution in [0.25, 0.3) is 11.5 Å². The Kier molecular flexibility index (Phi) is 3.77. The Morgan fingerprint density at radius 1 is 1.24 bits per heavy atom. The lowest BCUT2D eigenvalue weighted by Gasteiger charge is -2.28. The lowest BCUT2D eigenvalue weighted by Crippen LogP contribution is -2.30. The standard InChI is InChI=1S/C13H18ClN7/c1-20-5-3-8(4-6-20)11-18-19-12(21(11)2)10-9(14)7-16-13(15)17-10/h7-8H,3-6H2,1-2H3,(H2,15,16,17). The van der Waals surface area contributed by atoms with Crippen LogP contribution in [0.1, 0.15) is 24.6 Å². The second-order valence-corrected chi connectivity index (χ2v) is 5.85. The molecule has 2 aromatic heterocycles. The summed E-state index contributed by atoms with van der Waals surface area (Å²) in [5.41, 5.74) is 6.16. The van der Waals surface area contributed by atoms with Gasteiger partial charge in [0.15, 0.2) is 5.82 Å². The molecule has 2 aromatic rings. The predicted molar refractivity (Wildman–Crippen MR) is 80.9 cm³/mol. The number of piperidine rings is 1. The second kappa shape index (κ2) is 5.57. The zero-order chi connectivity index (χ0) is 15.0. The maximum absolute atomic E-state index is 6.15. The maximum atomic E-state index is 6.15. The Hall–Kier alpha value is -1.73. The number of nitrogen functional groups attached to an aromatic ring is 1. The molecule has 21 heavy (non-hydrogen) atoms. The molecule has 1 aliphatic rings. The highest BCUT2D eigenvalue weighted by Gasteiger charge is 2.25. The number of nitrogens with zero attached hydrogens (tertiary/aromatic N) is 6. The molecule has 1 saturated heterocycles. The van der Waals surface area contributed by atoms with Gasteiger partial charge in [0.2, 0.25) is 5.95 Å². The molecule has 0 unspecified atom stereocenters. The van der Waals surface area contributed by atoms with Crippen molar-refractivity contribution < 1.29 is 0 Å². The number of halogens is 1. The van der Waals surface area contributed by atoms with Crippen molar-refractivity contribution in [3.05, 3.63) is 17.0 Å². The van der Waals surface area contributed by atoms with E-state index in [1.54, 1.807) is 0 Å².